The molecule has 1 aromatic heterocycles. The number of anilines is 1. The quantitative estimate of drug-likeness (QED) is 0.774. The van der Waals surface area contributed by atoms with E-state index in [1.165, 1.54) is 6.42 Å². The van der Waals surface area contributed by atoms with Crippen LogP contribution in [0.4, 0.5) is 5.69 Å². The largest absolute Gasteiger partial charge is 0.369 e. The fourth-order valence-corrected chi connectivity index (χ4v) is 2.08. The standard InChI is InChI=1S/C12H20N4/c1-10-5-15-11(2)3-4-16(8-10)12-6-13-9-14-7-12/h6-7,9-11,15H,3-5,8H2,1-2H3. The number of hydrogen-bond acceptors (Lipinski definition) is 4. The zero-order chi connectivity index (χ0) is 11.4. The molecule has 1 aromatic rings. The summed E-state index contributed by atoms with van der Waals surface area (Å²) in [5, 5.41) is 3.55. The Bertz CT molecular complexity index is 314. The van der Waals surface area contributed by atoms with E-state index in [0.717, 1.165) is 25.3 Å². The Hall–Kier alpha value is -1.16. The summed E-state index contributed by atoms with van der Waals surface area (Å²) in [7, 11) is 0. The topological polar surface area (TPSA) is 41.0 Å². The molecule has 0 radical (unpaired) electrons. The van der Waals surface area contributed by atoms with Crippen LogP contribution in [-0.4, -0.2) is 35.6 Å². The Labute approximate surface area is 97.1 Å². The van der Waals surface area contributed by atoms with Crippen LogP contribution in [0, 0.1) is 5.92 Å². The summed E-state index contributed by atoms with van der Waals surface area (Å²) in [6.07, 6.45) is 6.56. The monoisotopic (exact) mass is 220 g/mol. The molecule has 2 atom stereocenters. The highest BCUT2D eigenvalue weighted by Crippen LogP contribution is 2.15. The minimum Gasteiger partial charge on any atom is -0.369 e. The maximum absolute atomic E-state index is 4.09. The SMILES string of the molecule is CC1CNC(C)CCN(c2cncnc2)C1. The van der Waals surface area contributed by atoms with Gasteiger partial charge in [-0.15, -0.1) is 0 Å². The van der Waals surface area contributed by atoms with Gasteiger partial charge in [-0.3, -0.25) is 0 Å². The van der Waals surface area contributed by atoms with Crippen molar-refractivity contribution >= 4 is 5.69 Å². The molecule has 0 amide bonds. The maximum Gasteiger partial charge on any atom is 0.115 e. The minimum atomic E-state index is 0.592. The highest BCUT2D eigenvalue weighted by Gasteiger charge is 2.16. The Morgan fingerprint density at radius 2 is 2.06 bits per heavy atom. The lowest BCUT2D eigenvalue weighted by Gasteiger charge is -2.32. The number of hydrogen-bond donors (Lipinski definition) is 1. The molecule has 0 aliphatic carbocycles. The number of nitrogens with one attached hydrogen (secondary N) is 1. The predicted octanol–water partition coefficient (Wildman–Crippen LogP) is 1.30. The van der Waals surface area contributed by atoms with Gasteiger partial charge in [0.25, 0.3) is 0 Å². The zero-order valence-corrected chi connectivity index (χ0v) is 10.1. The highest BCUT2D eigenvalue weighted by atomic mass is 15.2. The summed E-state index contributed by atoms with van der Waals surface area (Å²) in [5.41, 5.74) is 1.14. The zero-order valence-electron chi connectivity index (χ0n) is 10.1. The molecule has 1 aliphatic heterocycles. The van der Waals surface area contributed by atoms with Crippen molar-refractivity contribution in [2.24, 2.45) is 5.92 Å². The molecule has 1 aliphatic rings. The van der Waals surface area contributed by atoms with Crippen molar-refractivity contribution in [1.82, 2.24) is 15.3 Å². The second-order valence-corrected chi connectivity index (χ2v) is 4.75. The van der Waals surface area contributed by atoms with Crippen LogP contribution >= 0.6 is 0 Å². The molecule has 2 unspecified atom stereocenters. The van der Waals surface area contributed by atoms with Gasteiger partial charge >= 0.3 is 0 Å². The summed E-state index contributed by atoms with van der Waals surface area (Å²) in [4.78, 5) is 10.6. The first-order valence-corrected chi connectivity index (χ1v) is 5.99. The van der Waals surface area contributed by atoms with Gasteiger partial charge in [0.05, 0.1) is 18.1 Å². The van der Waals surface area contributed by atoms with Crippen LogP contribution in [0.3, 0.4) is 0 Å². The van der Waals surface area contributed by atoms with Crippen LogP contribution in [-0.2, 0) is 0 Å². The molecule has 2 heterocycles. The second-order valence-electron chi connectivity index (χ2n) is 4.75. The molecule has 1 fully saturated rings. The summed E-state index contributed by atoms with van der Waals surface area (Å²) < 4.78 is 0. The first kappa shape index (κ1) is 11.3. The van der Waals surface area contributed by atoms with Crippen molar-refractivity contribution in [2.75, 3.05) is 24.5 Å². The smallest absolute Gasteiger partial charge is 0.115 e. The molecule has 4 heteroatoms. The molecule has 16 heavy (non-hydrogen) atoms. The van der Waals surface area contributed by atoms with Crippen LogP contribution in [0.2, 0.25) is 0 Å². The molecule has 0 aromatic carbocycles. The van der Waals surface area contributed by atoms with Crippen molar-refractivity contribution in [1.29, 1.82) is 0 Å². The van der Waals surface area contributed by atoms with Gasteiger partial charge in [0.2, 0.25) is 0 Å². The lowest BCUT2D eigenvalue weighted by atomic mass is 10.1. The van der Waals surface area contributed by atoms with Crippen LogP contribution in [0.15, 0.2) is 18.7 Å². The summed E-state index contributed by atoms with van der Waals surface area (Å²) >= 11 is 0. The lowest BCUT2D eigenvalue weighted by molar-refractivity contribution is 0.410. The van der Waals surface area contributed by atoms with Crippen molar-refractivity contribution in [3.05, 3.63) is 18.7 Å². The number of nitrogens with zero attached hydrogens (tertiary/aromatic N) is 3. The summed E-state index contributed by atoms with van der Waals surface area (Å²) in [6, 6.07) is 0.592. The molecule has 0 bridgehead atoms. The Balaban J connectivity index is 2.07. The van der Waals surface area contributed by atoms with Gasteiger partial charge in [-0.1, -0.05) is 6.92 Å². The number of aromatic nitrogens is 2. The fourth-order valence-electron chi connectivity index (χ4n) is 2.08. The first-order chi connectivity index (χ1) is 7.75. The molecule has 0 saturated carbocycles. The van der Waals surface area contributed by atoms with Crippen LogP contribution in [0.5, 0.6) is 0 Å². The van der Waals surface area contributed by atoms with Gasteiger partial charge in [0.1, 0.15) is 6.33 Å². The third-order valence-corrected chi connectivity index (χ3v) is 3.09. The van der Waals surface area contributed by atoms with Crippen molar-refractivity contribution < 1.29 is 0 Å². The van der Waals surface area contributed by atoms with Gasteiger partial charge in [0, 0.05) is 19.1 Å². The van der Waals surface area contributed by atoms with E-state index in [9.17, 15) is 0 Å². The molecular formula is C12H20N4. The van der Waals surface area contributed by atoms with Gasteiger partial charge in [0.15, 0.2) is 0 Å². The normalized spacial score (nSPS) is 27.2. The van der Waals surface area contributed by atoms with E-state index < -0.39 is 0 Å². The van der Waals surface area contributed by atoms with Gasteiger partial charge in [-0.2, -0.15) is 0 Å². The molecule has 1 N–H and O–H groups in total. The average Bonchev–Trinajstić information content (AvgIpc) is 2.31. The van der Waals surface area contributed by atoms with Crippen molar-refractivity contribution in [2.45, 2.75) is 26.3 Å². The molecule has 1 saturated heterocycles. The van der Waals surface area contributed by atoms with Crippen LogP contribution in [0.25, 0.3) is 0 Å². The van der Waals surface area contributed by atoms with E-state index in [0.29, 0.717) is 12.0 Å². The Morgan fingerprint density at radius 1 is 1.31 bits per heavy atom. The molecular weight excluding hydrogens is 200 g/mol. The highest BCUT2D eigenvalue weighted by molar-refractivity contribution is 5.41. The lowest BCUT2D eigenvalue weighted by Crippen LogP contribution is -2.42. The van der Waals surface area contributed by atoms with E-state index in [1.54, 1.807) is 6.33 Å². The molecule has 88 valence electrons. The van der Waals surface area contributed by atoms with Gasteiger partial charge < -0.3 is 10.2 Å². The Morgan fingerprint density at radius 3 is 2.81 bits per heavy atom. The van der Waals surface area contributed by atoms with Crippen molar-refractivity contribution in [3.8, 4) is 0 Å². The number of rotatable bonds is 1. The average molecular weight is 220 g/mol. The van der Waals surface area contributed by atoms with Gasteiger partial charge in [-0.25, -0.2) is 9.97 Å². The van der Waals surface area contributed by atoms with E-state index in [2.05, 4.69) is 34.0 Å². The van der Waals surface area contributed by atoms with Crippen LogP contribution in [0.1, 0.15) is 20.3 Å². The van der Waals surface area contributed by atoms with Crippen LogP contribution < -0.4 is 10.2 Å². The molecule has 2 rings (SSSR count). The Kier molecular flexibility index (Phi) is 3.72. The second kappa shape index (κ2) is 5.25. The molecule has 0 spiro atoms. The van der Waals surface area contributed by atoms with E-state index in [4.69, 9.17) is 0 Å². The van der Waals surface area contributed by atoms with Crippen molar-refractivity contribution in [3.63, 3.8) is 0 Å². The predicted molar refractivity (Wildman–Crippen MR) is 65.5 cm³/mol. The first-order valence-electron chi connectivity index (χ1n) is 5.99. The third-order valence-electron chi connectivity index (χ3n) is 3.09. The van der Waals surface area contributed by atoms with E-state index in [1.807, 2.05) is 12.4 Å². The minimum absolute atomic E-state index is 0.592. The summed E-state index contributed by atoms with van der Waals surface area (Å²) in [5.74, 6) is 0.656. The van der Waals surface area contributed by atoms with E-state index >= 15 is 0 Å². The summed E-state index contributed by atoms with van der Waals surface area (Å²) in [6.45, 7) is 7.77. The fraction of sp³-hybridized carbons (Fsp3) is 0.667. The molecule has 4 nitrogen and oxygen atoms in total. The van der Waals surface area contributed by atoms with E-state index in [-0.39, 0.29) is 0 Å². The van der Waals surface area contributed by atoms with Gasteiger partial charge in [-0.05, 0) is 25.8 Å². The third kappa shape index (κ3) is 2.92. The maximum atomic E-state index is 4.09.